The average Bonchev–Trinajstić information content (AvgIpc) is 2.67. The summed E-state index contributed by atoms with van der Waals surface area (Å²) in [4.78, 5) is 0. The molecule has 0 aliphatic heterocycles. The highest BCUT2D eigenvalue weighted by Crippen LogP contribution is 2.25. The Labute approximate surface area is 156 Å². The van der Waals surface area contributed by atoms with E-state index in [4.69, 9.17) is 16.3 Å². The molecule has 4 heteroatoms. The third kappa shape index (κ3) is 4.30. The summed E-state index contributed by atoms with van der Waals surface area (Å²) < 4.78 is 19.2. The Balaban J connectivity index is 1.74. The molecule has 3 rings (SSSR count). The van der Waals surface area contributed by atoms with E-state index in [2.05, 4.69) is 6.07 Å². The molecule has 0 aliphatic carbocycles. The van der Waals surface area contributed by atoms with Gasteiger partial charge >= 0.3 is 0 Å². The Bertz CT molecular complexity index is 974. The van der Waals surface area contributed by atoms with Gasteiger partial charge in [0.15, 0.2) is 0 Å². The Morgan fingerprint density at radius 3 is 2.38 bits per heavy atom. The van der Waals surface area contributed by atoms with Crippen LogP contribution in [0.15, 0.2) is 72.8 Å². The first-order chi connectivity index (χ1) is 12.7. The topological polar surface area (TPSA) is 33.0 Å². The number of benzene rings is 3. The molecule has 0 aromatic heterocycles. The van der Waals surface area contributed by atoms with E-state index in [-0.39, 0.29) is 12.4 Å². The maximum atomic E-state index is 13.6. The lowest BCUT2D eigenvalue weighted by molar-refractivity contribution is 0.300. The Morgan fingerprint density at radius 1 is 1.00 bits per heavy atom. The Hall–Kier alpha value is -3.09. The van der Waals surface area contributed by atoms with E-state index in [9.17, 15) is 9.65 Å². The van der Waals surface area contributed by atoms with E-state index in [1.807, 2.05) is 30.3 Å². The van der Waals surface area contributed by atoms with Gasteiger partial charge < -0.3 is 4.74 Å². The summed E-state index contributed by atoms with van der Waals surface area (Å²) in [6, 6.07) is 23.2. The molecule has 128 valence electrons. The van der Waals surface area contributed by atoms with Crippen LogP contribution in [0.3, 0.4) is 0 Å². The molecule has 0 spiro atoms. The van der Waals surface area contributed by atoms with E-state index in [0.29, 0.717) is 27.5 Å². The van der Waals surface area contributed by atoms with Crippen molar-refractivity contribution in [2.45, 2.75) is 6.61 Å². The van der Waals surface area contributed by atoms with Gasteiger partial charge in [-0.1, -0.05) is 60.1 Å². The van der Waals surface area contributed by atoms with Gasteiger partial charge in [0, 0.05) is 16.1 Å². The van der Waals surface area contributed by atoms with Crippen LogP contribution >= 0.6 is 11.6 Å². The number of ether oxygens (including phenoxy) is 1. The molecule has 0 unspecified atom stereocenters. The van der Waals surface area contributed by atoms with E-state index in [1.54, 1.807) is 42.5 Å². The summed E-state index contributed by atoms with van der Waals surface area (Å²) in [6.45, 7) is 0.158. The maximum Gasteiger partial charge on any atom is 0.129 e. The summed E-state index contributed by atoms with van der Waals surface area (Å²) in [7, 11) is 0. The smallest absolute Gasteiger partial charge is 0.129 e. The van der Waals surface area contributed by atoms with Gasteiger partial charge in [-0.25, -0.2) is 4.39 Å². The van der Waals surface area contributed by atoms with Crippen LogP contribution in [0.25, 0.3) is 11.6 Å². The fourth-order valence-corrected chi connectivity index (χ4v) is 2.69. The third-order valence-electron chi connectivity index (χ3n) is 3.83. The lowest BCUT2D eigenvalue weighted by atomic mass is 10.0. The minimum Gasteiger partial charge on any atom is -0.489 e. The van der Waals surface area contributed by atoms with Crippen molar-refractivity contribution in [3.63, 3.8) is 0 Å². The van der Waals surface area contributed by atoms with Gasteiger partial charge in [-0.05, 0) is 35.9 Å². The highest BCUT2D eigenvalue weighted by atomic mass is 35.5. The fraction of sp³-hybridized carbons (Fsp3) is 0.0455. The molecular formula is C22H15ClFNO. The fourth-order valence-electron chi connectivity index (χ4n) is 2.45. The summed E-state index contributed by atoms with van der Waals surface area (Å²) in [5.41, 5.74) is 2.52. The van der Waals surface area contributed by atoms with Crippen LogP contribution < -0.4 is 4.74 Å². The van der Waals surface area contributed by atoms with E-state index >= 15 is 0 Å². The average molecular weight is 364 g/mol. The van der Waals surface area contributed by atoms with Gasteiger partial charge in [0.25, 0.3) is 0 Å². The van der Waals surface area contributed by atoms with E-state index < -0.39 is 0 Å². The molecule has 0 fully saturated rings. The number of nitrogens with zero attached hydrogens (tertiary/aromatic N) is 1. The van der Waals surface area contributed by atoms with Crippen LogP contribution in [0, 0.1) is 17.1 Å². The second-order valence-electron chi connectivity index (χ2n) is 5.60. The molecule has 0 heterocycles. The lowest BCUT2D eigenvalue weighted by Gasteiger charge is -2.07. The molecule has 26 heavy (non-hydrogen) atoms. The molecule has 0 N–H and O–H groups in total. The molecular weight excluding hydrogens is 349 g/mol. The first-order valence-electron chi connectivity index (χ1n) is 8.00. The molecule has 0 saturated heterocycles. The summed E-state index contributed by atoms with van der Waals surface area (Å²) >= 11 is 6.16. The van der Waals surface area contributed by atoms with Crippen LogP contribution in [0.1, 0.15) is 16.7 Å². The molecule has 0 bridgehead atoms. The molecule has 0 atom stereocenters. The lowest BCUT2D eigenvalue weighted by Crippen LogP contribution is -1.98. The highest BCUT2D eigenvalue weighted by molar-refractivity contribution is 6.32. The molecule has 3 aromatic carbocycles. The van der Waals surface area contributed by atoms with Crippen molar-refractivity contribution in [2.24, 2.45) is 0 Å². The predicted octanol–water partition coefficient (Wildman–Crippen LogP) is 6.12. The van der Waals surface area contributed by atoms with E-state index in [1.165, 1.54) is 6.07 Å². The van der Waals surface area contributed by atoms with Gasteiger partial charge in [-0.2, -0.15) is 5.26 Å². The number of hydrogen-bond donors (Lipinski definition) is 0. The Kier molecular flexibility index (Phi) is 5.68. The zero-order valence-electron chi connectivity index (χ0n) is 13.8. The van der Waals surface area contributed by atoms with Crippen LogP contribution in [0.2, 0.25) is 5.02 Å². The van der Waals surface area contributed by atoms with Crippen molar-refractivity contribution >= 4 is 23.3 Å². The van der Waals surface area contributed by atoms with Crippen LogP contribution in [-0.2, 0) is 6.61 Å². The van der Waals surface area contributed by atoms with Crippen molar-refractivity contribution in [3.05, 3.63) is 100 Å². The zero-order chi connectivity index (χ0) is 18.4. The normalized spacial score (nSPS) is 11.0. The number of rotatable bonds is 5. The summed E-state index contributed by atoms with van der Waals surface area (Å²) in [5.74, 6) is 0.340. The SMILES string of the molecule is N#CC(=Cc1ccc(OCc2ccccc2F)cc1)c1ccccc1Cl. The number of allylic oxidation sites excluding steroid dienone is 1. The first-order valence-corrected chi connectivity index (χ1v) is 8.38. The van der Waals surface area contributed by atoms with Crippen molar-refractivity contribution in [3.8, 4) is 11.8 Å². The minimum absolute atomic E-state index is 0.158. The second-order valence-corrected chi connectivity index (χ2v) is 6.01. The van der Waals surface area contributed by atoms with Crippen LogP contribution in [0.5, 0.6) is 5.75 Å². The van der Waals surface area contributed by atoms with Crippen molar-refractivity contribution in [1.82, 2.24) is 0 Å². The van der Waals surface area contributed by atoms with E-state index in [0.717, 1.165) is 5.56 Å². The molecule has 0 saturated carbocycles. The quantitative estimate of drug-likeness (QED) is 0.404. The number of nitriles is 1. The van der Waals surface area contributed by atoms with Crippen LogP contribution in [0.4, 0.5) is 4.39 Å². The van der Waals surface area contributed by atoms with Gasteiger partial charge in [-0.15, -0.1) is 0 Å². The molecule has 0 radical (unpaired) electrons. The standard InChI is InChI=1S/C22H15ClFNO/c23-21-7-3-2-6-20(21)18(14-25)13-16-9-11-19(12-10-16)26-15-17-5-1-4-8-22(17)24/h1-13H,15H2. The van der Waals surface area contributed by atoms with Gasteiger partial charge in [0.05, 0.1) is 11.6 Å². The molecule has 3 aromatic rings. The molecule has 0 amide bonds. The predicted molar refractivity (Wildman–Crippen MR) is 102 cm³/mol. The van der Waals surface area contributed by atoms with Gasteiger partial charge in [0.1, 0.15) is 18.2 Å². The summed E-state index contributed by atoms with van der Waals surface area (Å²) in [5, 5.41) is 9.95. The van der Waals surface area contributed by atoms with Crippen molar-refractivity contribution in [1.29, 1.82) is 5.26 Å². The van der Waals surface area contributed by atoms with Gasteiger partial charge in [-0.3, -0.25) is 0 Å². The summed E-state index contributed by atoms with van der Waals surface area (Å²) in [6.07, 6.45) is 1.77. The zero-order valence-corrected chi connectivity index (χ0v) is 14.6. The molecule has 0 aliphatic rings. The third-order valence-corrected chi connectivity index (χ3v) is 4.16. The van der Waals surface area contributed by atoms with Crippen molar-refractivity contribution in [2.75, 3.05) is 0 Å². The van der Waals surface area contributed by atoms with Crippen molar-refractivity contribution < 1.29 is 9.13 Å². The maximum absolute atomic E-state index is 13.6. The van der Waals surface area contributed by atoms with Crippen LogP contribution in [-0.4, -0.2) is 0 Å². The molecule has 2 nitrogen and oxygen atoms in total. The number of halogens is 2. The van der Waals surface area contributed by atoms with Gasteiger partial charge in [0.2, 0.25) is 0 Å². The Morgan fingerprint density at radius 2 is 1.69 bits per heavy atom. The number of hydrogen-bond acceptors (Lipinski definition) is 2. The second kappa shape index (κ2) is 8.33. The largest absolute Gasteiger partial charge is 0.489 e. The monoisotopic (exact) mass is 363 g/mol. The first kappa shape index (κ1) is 17.7. The minimum atomic E-state index is -0.287. The highest BCUT2D eigenvalue weighted by Gasteiger charge is 2.06.